The van der Waals surface area contributed by atoms with Crippen LogP contribution in [0.1, 0.15) is 42.3 Å². The zero-order valence-corrected chi connectivity index (χ0v) is 14.7. The Morgan fingerprint density at radius 2 is 2.07 bits per heavy atom. The maximum Gasteiger partial charge on any atom is 0.419 e. The number of carbonyl (C=O) groups is 1. The molecule has 1 N–H and O–H groups in total. The second-order valence-corrected chi connectivity index (χ2v) is 5.85. The lowest BCUT2D eigenvalue weighted by Crippen LogP contribution is -2.18. The molecule has 1 atom stereocenters. The van der Waals surface area contributed by atoms with Crippen LogP contribution in [-0.2, 0) is 17.6 Å². The third-order valence-electron chi connectivity index (χ3n) is 4.03. The largest absolute Gasteiger partial charge is 0.419 e. The molecule has 0 fully saturated rings. The predicted molar refractivity (Wildman–Crippen MR) is 89.0 cm³/mol. The molecule has 1 aromatic carbocycles. The average molecular weight is 388 g/mol. The lowest BCUT2D eigenvalue weighted by Gasteiger charge is -2.17. The Bertz CT molecular complexity index is 873. The van der Waals surface area contributed by atoms with Gasteiger partial charge in [0.15, 0.2) is 5.82 Å². The minimum Gasteiger partial charge on any atom is -0.317 e. The zero-order valence-electron chi connectivity index (χ0n) is 14.7. The second-order valence-electron chi connectivity index (χ2n) is 5.85. The summed E-state index contributed by atoms with van der Waals surface area (Å²) >= 11 is 0. The third kappa shape index (κ3) is 4.32. The fourth-order valence-corrected chi connectivity index (χ4v) is 2.52. The first kappa shape index (κ1) is 20.5. The molecule has 27 heavy (non-hydrogen) atoms. The van der Waals surface area contributed by atoms with Gasteiger partial charge in [0, 0.05) is 5.56 Å². The number of aromatic nitrogens is 2. The summed E-state index contributed by atoms with van der Waals surface area (Å²) in [5.74, 6) is -0.988. The van der Waals surface area contributed by atoms with E-state index >= 15 is 0 Å². The van der Waals surface area contributed by atoms with Crippen LogP contribution in [0.3, 0.4) is 0 Å². The van der Waals surface area contributed by atoms with Gasteiger partial charge in [0.1, 0.15) is 18.3 Å². The molecule has 1 amide bonds. The zero-order chi connectivity index (χ0) is 20.4. The summed E-state index contributed by atoms with van der Waals surface area (Å²) in [6, 6.07) is 1.81. The van der Waals surface area contributed by atoms with Crippen LogP contribution < -0.4 is 5.32 Å². The summed E-state index contributed by atoms with van der Waals surface area (Å²) in [6.45, 7) is 3.77. The highest BCUT2D eigenvalue weighted by atomic mass is 19.4. The second kappa shape index (κ2) is 7.85. The van der Waals surface area contributed by atoms with Gasteiger partial charge in [0.05, 0.1) is 17.3 Å². The van der Waals surface area contributed by atoms with Gasteiger partial charge in [-0.2, -0.15) is 18.3 Å². The Hall–Kier alpha value is -2.78. The first-order chi connectivity index (χ1) is 12.6. The van der Waals surface area contributed by atoms with Crippen LogP contribution in [0.15, 0.2) is 23.2 Å². The first-order valence-electron chi connectivity index (χ1n) is 7.86. The molecular formula is C17H17F5N4O. The van der Waals surface area contributed by atoms with E-state index < -0.39 is 30.3 Å². The van der Waals surface area contributed by atoms with Crippen LogP contribution in [0.2, 0.25) is 0 Å². The van der Waals surface area contributed by atoms with Gasteiger partial charge in [-0.15, -0.1) is 0 Å². The summed E-state index contributed by atoms with van der Waals surface area (Å²) in [5.41, 5.74) is -0.676. The van der Waals surface area contributed by atoms with Gasteiger partial charge in [-0.05, 0) is 38.5 Å². The van der Waals surface area contributed by atoms with Crippen LogP contribution >= 0.6 is 0 Å². The number of nitrogens with one attached hydrogen (secondary N) is 1. The van der Waals surface area contributed by atoms with Gasteiger partial charge in [0.25, 0.3) is 0 Å². The van der Waals surface area contributed by atoms with Crippen molar-refractivity contribution >= 4 is 18.1 Å². The maximum absolute atomic E-state index is 13.9. The van der Waals surface area contributed by atoms with Gasteiger partial charge in [-0.25, -0.2) is 18.5 Å². The number of aliphatic imine (C=N–C) groups is 1. The Balaban J connectivity index is 2.53. The summed E-state index contributed by atoms with van der Waals surface area (Å²) in [4.78, 5) is 14.7. The molecule has 0 spiro atoms. The van der Waals surface area contributed by atoms with Crippen molar-refractivity contribution in [3.05, 3.63) is 46.4 Å². The van der Waals surface area contributed by atoms with Crippen LogP contribution in [-0.4, -0.2) is 22.0 Å². The highest BCUT2D eigenvalue weighted by Gasteiger charge is 2.34. The van der Waals surface area contributed by atoms with Crippen molar-refractivity contribution in [2.45, 2.75) is 39.7 Å². The predicted octanol–water partition coefficient (Wildman–Crippen LogP) is 4.22. The monoisotopic (exact) mass is 388 g/mol. The fourth-order valence-electron chi connectivity index (χ4n) is 2.52. The number of halogens is 5. The molecular weight excluding hydrogens is 371 g/mol. The van der Waals surface area contributed by atoms with E-state index in [1.54, 1.807) is 13.8 Å². The van der Waals surface area contributed by atoms with E-state index in [2.05, 4.69) is 15.4 Å². The molecule has 2 rings (SSSR count). The van der Waals surface area contributed by atoms with Gasteiger partial charge < -0.3 is 5.32 Å². The number of amides is 1. The standard InChI is InChI=1S/C17H17F5N4O/c1-9-15(7-18)25-26(16(9)24-11(3)23-8-27)10(2)12-4-5-13(14(19)6-12)17(20,21)22/h4-6,8,10H,7H2,1-3H3,(H,23,24,27). The van der Waals surface area contributed by atoms with Gasteiger partial charge in [-0.1, -0.05) is 6.07 Å². The molecule has 0 saturated heterocycles. The highest BCUT2D eigenvalue weighted by Crippen LogP contribution is 2.34. The summed E-state index contributed by atoms with van der Waals surface area (Å²) in [7, 11) is 0. The van der Waals surface area contributed by atoms with Crippen LogP contribution in [0.5, 0.6) is 0 Å². The average Bonchev–Trinajstić information content (AvgIpc) is 2.89. The van der Waals surface area contributed by atoms with Crippen LogP contribution in [0.25, 0.3) is 0 Å². The normalized spacial score (nSPS) is 13.6. The summed E-state index contributed by atoms with van der Waals surface area (Å²) < 4.78 is 66.6. The van der Waals surface area contributed by atoms with E-state index in [9.17, 15) is 26.7 Å². The molecule has 0 radical (unpaired) electrons. The van der Waals surface area contributed by atoms with E-state index in [1.165, 1.54) is 11.6 Å². The molecule has 0 aliphatic heterocycles. The fraction of sp³-hybridized carbons (Fsp3) is 0.353. The lowest BCUT2D eigenvalue weighted by molar-refractivity contribution is -0.140. The van der Waals surface area contributed by atoms with Crippen molar-refractivity contribution in [2.24, 2.45) is 4.99 Å². The highest BCUT2D eigenvalue weighted by molar-refractivity contribution is 5.90. The SMILES string of the molecule is C/C(=N/c1c(C)c(CF)nn1C(C)c1ccc(C(F)(F)F)c(F)c1)NC=O. The minimum absolute atomic E-state index is 0.0897. The molecule has 146 valence electrons. The topological polar surface area (TPSA) is 59.3 Å². The lowest BCUT2D eigenvalue weighted by atomic mass is 10.1. The number of benzene rings is 1. The van der Waals surface area contributed by atoms with Crippen molar-refractivity contribution in [3.8, 4) is 0 Å². The van der Waals surface area contributed by atoms with E-state index in [0.29, 0.717) is 18.0 Å². The van der Waals surface area contributed by atoms with Gasteiger partial charge >= 0.3 is 6.18 Å². The van der Waals surface area contributed by atoms with E-state index in [4.69, 9.17) is 0 Å². The molecule has 2 aromatic rings. The molecule has 0 saturated carbocycles. The minimum atomic E-state index is -4.80. The van der Waals surface area contributed by atoms with Crippen molar-refractivity contribution in [1.29, 1.82) is 0 Å². The van der Waals surface area contributed by atoms with Gasteiger partial charge in [0.2, 0.25) is 6.41 Å². The first-order valence-corrected chi connectivity index (χ1v) is 7.86. The number of alkyl halides is 4. The Morgan fingerprint density at radius 1 is 1.41 bits per heavy atom. The Morgan fingerprint density at radius 3 is 2.59 bits per heavy atom. The quantitative estimate of drug-likeness (QED) is 0.361. The molecule has 10 heteroatoms. The van der Waals surface area contributed by atoms with Crippen molar-refractivity contribution in [3.63, 3.8) is 0 Å². The van der Waals surface area contributed by atoms with Gasteiger partial charge in [-0.3, -0.25) is 4.79 Å². The molecule has 1 unspecified atom stereocenters. The number of hydrogen-bond donors (Lipinski definition) is 1. The molecule has 1 aromatic heterocycles. The molecule has 0 aliphatic carbocycles. The number of hydrogen-bond acceptors (Lipinski definition) is 3. The smallest absolute Gasteiger partial charge is 0.317 e. The molecule has 5 nitrogen and oxygen atoms in total. The van der Waals surface area contributed by atoms with E-state index in [1.807, 2.05) is 0 Å². The van der Waals surface area contributed by atoms with Crippen LogP contribution in [0, 0.1) is 12.7 Å². The summed E-state index contributed by atoms with van der Waals surface area (Å²) in [5, 5.41) is 6.43. The number of rotatable bonds is 5. The molecule has 1 heterocycles. The van der Waals surface area contributed by atoms with E-state index in [0.717, 1.165) is 12.1 Å². The van der Waals surface area contributed by atoms with Crippen molar-refractivity contribution in [1.82, 2.24) is 15.1 Å². The molecule has 0 bridgehead atoms. The Labute approximate surface area is 151 Å². The van der Waals surface area contributed by atoms with Crippen LogP contribution in [0.4, 0.5) is 27.8 Å². The van der Waals surface area contributed by atoms with E-state index in [-0.39, 0.29) is 22.9 Å². The number of nitrogens with zero attached hydrogens (tertiary/aromatic N) is 3. The Kier molecular flexibility index (Phi) is 5.97. The number of carbonyl (C=O) groups excluding carboxylic acids is 1. The maximum atomic E-state index is 13.9. The third-order valence-corrected chi connectivity index (χ3v) is 4.03. The number of amidine groups is 1. The summed E-state index contributed by atoms with van der Waals surface area (Å²) in [6.07, 6.45) is -4.39. The van der Waals surface area contributed by atoms with Crippen molar-refractivity contribution < 1.29 is 26.7 Å². The molecule has 0 aliphatic rings. The van der Waals surface area contributed by atoms with Crippen molar-refractivity contribution in [2.75, 3.05) is 0 Å².